The number of carbonyl (C=O) groups is 1. The van der Waals surface area contributed by atoms with Crippen molar-refractivity contribution in [3.63, 3.8) is 0 Å². The number of phenols is 1. The Labute approximate surface area is 147 Å². The Morgan fingerprint density at radius 3 is 2.92 bits per heavy atom. The van der Waals surface area contributed by atoms with Gasteiger partial charge < -0.3 is 5.11 Å². The van der Waals surface area contributed by atoms with Crippen molar-refractivity contribution >= 4 is 33.7 Å². The number of nitrogens with one attached hydrogen (secondary N) is 1. The molecule has 0 bridgehead atoms. The summed E-state index contributed by atoms with van der Waals surface area (Å²) in [6, 6.07) is 2.71. The van der Waals surface area contributed by atoms with Crippen LogP contribution in [0.5, 0.6) is 5.75 Å². The van der Waals surface area contributed by atoms with Crippen LogP contribution < -0.4 is 5.43 Å². The van der Waals surface area contributed by atoms with Gasteiger partial charge in [-0.15, -0.1) is 0 Å². The molecule has 2 fully saturated rings. The summed E-state index contributed by atoms with van der Waals surface area (Å²) >= 11 is 3.15. The predicted molar refractivity (Wildman–Crippen MR) is 91.8 cm³/mol. The highest BCUT2D eigenvalue weighted by Crippen LogP contribution is 2.66. The number of rotatable bonds is 4. The van der Waals surface area contributed by atoms with Crippen LogP contribution >= 0.6 is 15.9 Å². The minimum atomic E-state index is -0.675. The second-order valence-corrected chi connectivity index (χ2v) is 7.61. The van der Waals surface area contributed by atoms with Crippen LogP contribution in [0.25, 0.3) is 0 Å². The van der Waals surface area contributed by atoms with Gasteiger partial charge in [-0.2, -0.15) is 5.10 Å². The molecule has 1 aromatic carbocycles. The van der Waals surface area contributed by atoms with E-state index in [4.69, 9.17) is 0 Å². The van der Waals surface area contributed by atoms with Gasteiger partial charge in [0.15, 0.2) is 0 Å². The lowest BCUT2D eigenvalue weighted by atomic mass is 9.90. The molecule has 0 unspecified atom stereocenters. The van der Waals surface area contributed by atoms with Gasteiger partial charge in [0.05, 0.1) is 11.1 Å². The van der Waals surface area contributed by atoms with Crippen LogP contribution in [0.3, 0.4) is 0 Å². The summed E-state index contributed by atoms with van der Waals surface area (Å²) in [6.07, 6.45) is 5.70. The van der Waals surface area contributed by atoms with Crippen molar-refractivity contribution in [2.75, 3.05) is 0 Å². The highest BCUT2D eigenvalue weighted by atomic mass is 79.9. The summed E-state index contributed by atoms with van der Waals surface area (Å²) in [5.74, 6) is -0.178. The van der Waals surface area contributed by atoms with Gasteiger partial charge in [-0.1, -0.05) is 35.7 Å². The summed E-state index contributed by atoms with van der Waals surface area (Å²) in [7, 11) is 0. The predicted octanol–water partition coefficient (Wildman–Crippen LogP) is 3.34. The molecule has 3 rings (SSSR count). The lowest BCUT2D eigenvalue weighted by Crippen LogP contribution is -2.22. The molecule has 7 nitrogen and oxygen atoms in total. The quantitative estimate of drug-likeness (QED) is 0.463. The van der Waals surface area contributed by atoms with E-state index in [9.17, 15) is 20.0 Å². The number of hydrogen-bond acceptors (Lipinski definition) is 5. The van der Waals surface area contributed by atoms with E-state index in [1.54, 1.807) is 0 Å². The SMILES string of the molecule is C[C@]12CCCC[C@@H]1[C@@H]2C(=O)N/N=C\c1cc(Br)cc([N+](=O)[O-])c1O. The monoisotopic (exact) mass is 395 g/mol. The zero-order valence-corrected chi connectivity index (χ0v) is 14.7. The van der Waals surface area contributed by atoms with E-state index in [2.05, 4.69) is 33.4 Å². The minimum Gasteiger partial charge on any atom is -0.502 e. The molecule has 0 aromatic heterocycles. The molecule has 24 heavy (non-hydrogen) atoms. The largest absolute Gasteiger partial charge is 0.502 e. The van der Waals surface area contributed by atoms with Crippen molar-refractivity contribution in [2.24, 2.45) is 22.4 Å². The van der Waals surface area contributed by atoms with Gasteiger partial charge >= 0.3 is 5.69 Å². The molecule has 0 heterocycles. The van der Waals surface area contributed by atoms with Crippen LogP contribution in [0, 0.1) is 27.4 Å². The van der Waals surface area contributed by atoms with E-state index in [0.717, 1.165) is 19.3 Å². The molecule has 1 aromatic rings. The number of amides is 1. The first-order chi connectivity index (χ1) is 11.3. The maximum Gasteiger partial charge on any atom is 0.312 e. The topological polar surface area (TPSA) is 105 Å². The molecule has 0 aliphatic heterocycles. The zero-order valence-electron chi connectivity index (χ0n) is 13.2. The first-order valence-corrected chi connectivity index (χ1v) is 8.63. The molecular formula is C16H18BrN3O4. The number of phenolic OH excluding ortho intramolecular Hbond substituents is 1. The Morgan fingerprint density at radius 1 is 1.54 bits per heavy atom. The van der Waals surface area contributed by atoms with Crippen LogP contribution in [0.4, 0.5) is 5.69 Å². The summed E-state index contributed by atoms with van der Waals surface area (Å²) in [4.78, 5) is 22.5. The number of halogens is 1. The molecule has 0 spiro atoms. The number of aromatic hydroxyl groups is 1. The van der Waals surface area contributed by atoms with Gasteiger partial charge in [-0.25, -0.2) is 5.43 Å². The fourth-order valence-electron chi connectivity index (χ4n) is 3.93. The highest BCUT2D eigenvalue weighted by Gasteiger charge is 2.64. The molecule has 2 aliphatic rings. The molecule has 2 aliphatic carbocycles. The molecule has 8 heteroatoms. The summed E-state index contributed by atoms with van der Waals surface area (Å²) < 4.78 is 0.445. The molecular weight excluding hydrogens is 378 g/mol. The van der Waals surface area contributed by atoms with Crippen LogP contribution in [0.15, 0.2) is 21.7 Å². The van der Waals surface area contributed by atoms with Gasteiger partial charge in [-0.05, 0) is 30.2 Å². The molecule has 2 N–H and O–H groups in total. The van der Waals surface area contributed by atoms with Crippen LogP contribution in [-0.4, -0.2) is 22.2 Å². The Kier molecular flexibility index (Phi) is 4.33. The van der Waals surface area contributed by atoms with Crippen molar-refractivity contribution in [3.05, 3.63) is 32.3 Å². The third kappa shape index (κ3) is 2.90. The van der Waals surface area contributed by atoms with Crippen molar-refractivity contribution in [1.82, 2.24) is 5.43 Å². The van der Waals surface area contributed by atoms with Gasteiger partial charge in [-0.3, -0.25) is 14.9 Å². The van der Waals surface area contributed by atoms with Crippen molar-refractivity contribution in [3.8, 4) is 5.75 Å². The third-order valence-corrected chi connectivity index (χ3v) is 5.73. The van der Waals surface area contributed by atoms with E-state index < -0.39 is 16.4 Å². The molecule has 0 radical (unpaired) electrons. The smallest absolute Gasteiger partial charge is 0.312 e. The highest BCUT2D eigenvalue weighted by molar-refractivity contribution is 9.10. The number of nitro groups is 1. The Morgan fingerprint density at radius 2 is 2.29 bits per heavy atom. The van der Waals surface area contributed by atoms with Crippen LogP contribution in [0.1, 0.15) is 38.2 Å². The lowest BCUT2D eigenvalue weighted by molar-refractivity contribution is -0.385. The maximum atomic E-state index is 12.3. The van der Waals surface area contributed by atoms with E-state index in [0.29, 0.717) is 10.4 Å². The fraction of sp³-hybridized carbons (Fsp3) is 0.500. The normalized spacial score (nSPS) is 28.4. The van der Waals surface area contributed by atoms with Crippen molar-refractivity contribution in [2.45, 2.75) is 32.6 Å². The van der Waals surface area contributed by atoms with Crippen LogP contribution in [-0.2, 0) is 4.79 Å². The first-order valence-electron chi connectivity index (χ1n) is 7.84. The lowest BCUT2D eigenvalue weighted by Gasteiger charge is -2.15. The molecule has 0 saturated heterocycles. The van der Waals surface area contributed by atoms with Gasteiger partial charge in [0.1, 0.15) is 0 Å². The van der Waals surface area contributed by atoms with Crippen molar-refractivity contribution in [1.29, 1.82) is 0 Å². The zero-order chi connectivity index (χ0) is 17.5. The van der Waals surface area contributed by atoms with Gasteiger partial charge in [0.25, 0.3) is 0 Å². The molecule has 128 valence electrons. The van der Waals surface area contributed by atoms with E-state index in [-0.39, 0.29) is 22.8 Å². The minimum absolute atomic E-state index is 0.0115. The number of hydrazone groups is 1. The first kappa shape index (κ1) is 16.9. The standard InChI is InChI=1S/C16H18BrN3O4/c1-16-5-3-2-4-11(16)13(16)15(22)19-18-8-9-6-10(17)7-12(14(9)21)20(23)24/h6-8,11,13,21H,2-5H2,1H3,(H,19,22)/b18-8-/t11-,13-,16+/m1/s1. The number of fused-ring (bicyclic) bond motifs is 1. The summed E-state index contributed by atoms with van der Waals surface area (Å²) in [6.45, 7) is 2.15. The number of nitrogens with zero attached hydrogens (tertiary/aromatic N) is 2. The maximum absolute atomic E-state index is 12.3. The number of benzene rings is 1. The summed E-state index contributed by atoms with van der Waals surface area (Å²) in [5.41, 5.74) is 2.34. The Hall–Kier alpha value is -1.96. The third-order valence-electron chi connectivity index (χ3n) is 5.27. The Balaban J connectivity index is 1.69. The van der Waals surface area contributed by atoms with E-state index >= 15 is 0 Å². The average molecular weight is 396 g/mol. The fourth-order valence-corrected chi connectivity index (χ4v) is 4.39. The Bertz CT molecular complexity index is 736. The second-order valence-electron chi connectivity index (χ2n) is 6.69. The average Bonchev–Trinajstić information content (AvgIpc) is 3.15. The number of nitro benzene ring substituents is 1. The second kappa shape index (κ2) is 6.16. The number of hydrogen-bond donors (Lipinski definition) is 2. The molecule has 1 amide bonds. The van der Waals surface area contributed by atoms with Gasteiger partial charge in [0.2, 0.25) is 11.7 Å². The number of carbonyl (C=O) groups excluding carboxylic acids is 1. The molecule has 3 atom stereocenters. The van der Waals surface area contributed by atoms with E-state index in [1.165, 1.54) is 24.8 Å². The summed E-state index contributed by atoms with van der Waals surface area (Å²) in [5, 5.41) is 24.7. The van der Waals surface area contributed by atoms with Crippen molar-refractivity contribution < 1.29 is 14.8 Å². The van der Waals surface area contributed by atoms with Crippen LogP contribution in [0.2, 0.25) is 0 Å². The molecule has 2 saturated carbocycles. The van der Waals surface area contributed by atoms with Gasteiger partial charge in [0, 0.05) is 22.0 Å². The van der Waals surface area contributed by atoms with E-state index in [1.807, 2.05) is 0 Å².